The molecule has 2 aromatic rings. The predicted octanol–water partition coefficient (Wildman–Crippen LogP) is 1.60. The van der Waals surface area contributed by atoms with Crippen LogP contribution in [0.2, 0.25) is 0 Å². The topological polar surface area (TPSA) is 114 Å². The highest BCUT2D eigenvalue weighted by Gasteiger charge is 2.16. The van der Waals surface area contributed by atoms with E-state index in [1.165, 1.54) is 12.1 Å². The summed E-state index contributed by atoms with van der Waals surface area (Å²) in [5.74, 6) is 0.559. The maximum atomic E-state index is 11.6. The van der Waals surface area contributed by atoms with E-state index in [1.807, 2.05) is 18.7 Å². The van der Waals surface area contributed by atoms with Gasteiger partial charge in [-0.05, 0) is 13.5 Å². The van der Waals surface area contributed by atoms with Gasteiger partial charge in [-0.2, -0.15) is 4.98 Å². The van der Waals surface area contributed by atoms with Crippen molar-refractivity contribution in [2.75, 3.05) is 19.6 Å². The summed E-state index contributed by atoms with van der Waals surface area (Å²) in [6.45, 7) is 5.57. The maximum absolute atomic E-state index is 11.6. The minimum Gasteiger partial charge on any atom is -0.355 e. The number of nitro benzene ring substituents is 1. The van der Waals surface area contributed by atoms with E-state index < -0.39 is 4.92 Å². The molecule has 0 aliphatic rings. The first-order valence-corrected chi connectivity index (χ1v) is 7.60. The van der Waals surface area contributed by atoms with Crippen molar-refractivity contribution in [1.29, 1.82) is 0 Å². The standard InChI is InChI=1S/C15H19N5O4/c1-3-16-13(21)9-19(4-2)10-14-17-15(18-24-14)11-6-5-7-12(8-11)20(22)23/h5-8H,3-4,9-10H2,1-2H3,(H,16,21). The first-order chi connectivity index (χ1) is 11.5. The lowest BCUT2D eigenvalue weighted by atomic mass is 10.2. The van der Waals surface area contributed by atoms with E-state index in [0.717, 1.165) is 0 Å². The number of hydrogen-bond donors (Lipinski definition) is 1. The van der Waals surface area contributed by atoms with Crippen molar-refractivity contribution in [2.24, 2.45) is 0 Å². The zero-order valence-corrected chi connectivity index (χ0v) is 13.6. The molecule has 1 aromatic carbocycles. The Kier molecular flexibility index (Phi) is 5.96. The van der Waals surface area contributed by atoms with Gasteiger partial charge >= 0.3 is 0 Å². The molecule has 128 valence electrons. The molecule has 0 radical (unpaired) electrons. The molecule has 1 amide bonds. The van der Waals surface area contributed by atoms with E-state index in [9.17, 15) is 14.9 Å². The average Bonchev–Trinajstić information content (AvgIpc) is 3.03. The summed E-state index contributed by atoms with van der Waals surface area (Å²) in [6, 6.07) is 6.03. The third kappa shape index (κ3) is 4.59. The lowest BCUT2D eigenvalue weighted by molar-refractivity contribution is -0.384. The number of likely N-dealkylation sites (N-methyl/N-ethyl adjacent to an activating group) is 2. The fourth-order valence-electron chi connectivity index (χ4n) is 2.12. The van der Waals surface area contributed by atoms with Crippen LogP contribution in [-0.4, -0.2) is 45.5 Å². The zero-order valence-electron chi connectivity index (χ0n) is 13.6. The molecule has 1 aromatic heterocycles. The molecular formula is C15H19N5O4. The van der Waals surface area contributed by atoms with Gasteiger partial charge in [0.25, 0.3) is 5.69 Å². The Morgan fingerprint density at radius 3 is 2.88 bits per heavy atom. The number of benzene rings is 1. The van der Waals surface area contributed by atoms with Crippen molar-refractivity contribution in [3.63, 3.8) is 0 Å². The highest BCUT2D eigenvalue weighted by Crippen LogP contribution is 2.21. The number of aromatic nitrogens is 2. The monoisotopic (exact) mass is 333 g/mol. The van der Waals surface area contributed by atoms with Gasteiger partial charge in [0.15, 0.2) is 0 Å². The van der Waals surface area contributed by atoms with Crippen LogP contribution >= 0.6 is 0 Å². The third-order valence-corrected chi connectivity index (χ3v) is 3.33. The number of nitrogens with zero attached hydrogens (tertiary/aromatic N) is 4. The van der Waals surface area contributed by atoms with Crippen LogP contribution in [0.4, 0.5) is 5.69 Å². The van der Waals surface area contributed by atoms with Gasteiger partial charge in [0, 0.05) is 24.2 Å². The van der Waals surface area contributed by atoms with Gasteiger partial charge in [-0.1, -0.05) is 24.2 Å². The van der Waals surface area contributed by atoms with Gasteiger partial charge in [-0.25, -0.2) is 0 Å². The third-order valence-electron chi connectivity index (χ3n) is 3.33. The molecular weight excluding hydrogens is 314 g/mol. The van der Waals surface area contributed by atoms with E-state index >= 15 is 0 Å². The summed E-state index contributed by atoms with van der Waals surface area (Å²) < 4.78 is 5.19. The van der Waals surface area contributed by atoms with Crippen molar-refractivity contribution in [3.8, 4) is 11.4 Å². The Labute approximate surface area is 138 Å². The Hall–Kier alpha value is -2.81. The second-order valence-electron chi connectivity index (χ2n) is 5.08. The Morgan fingerprint density at radius 1 is 1.42 bits per heavy atom. The van der Waals surface area contributed by atoms with Gasteiger partial charge < -0.3 is 9.84 Å². The molecule has 0 saturated carbocycles. The summed E-state index contributed by atoms with van der Waals surface area (Å²) >= 11 is 0. The molecule has 0 atom stereocenters. The molecule has 0 spiro atoms. The SMILES string of the molecule is CCNC(=O)CN(CC)Cc1nc(-c2cccc([N+](=O)[O-])c2)no1. The van der Waals surface area contributed by atoms with Crippen LogP contribution in [0, 0.1) is 10.1 Å². The normalized spacial score (nSPS) is 10.8. The van der Waals surface area contributed by atoms with Crippen LogP contribution in [0.1, 0.15) is 19.7 Å². The molecule has 1 heterocycles. The van der Waals surface area contributed by atoms with Gasteiger partial charge in [-0.3, -0.25) is 19.8 Å². The fourth-order valence-corrected chi connectivity index (χ4v) is 2.12. The molecule has 0 aliphatic heterocycles. The smallest absolute Gasteiger partial charge is 0.270 e. The molecule has 9 heteroatoms. The first-order valence-electron chi connectivity index (χ1n) is 7.60. The minimum absolute atomic E-state index is 0.0368. The lowest BCUT2D eigenvalue weighted by Crippen LogP contribution is -2.36. The van der Waals surface area contributed by atoms with Crippen LogP contribution in [0.15, 0.2) is 28.8 Å². The Morgan fingerprint density at radius 2 is 2.21 bits per heavy atom. The first kappa shape index (κ1) is 17.5. The number of nitrogens with one attached hydrogen (secondary N) is 1. The van der Waals surface area contributed by atoms with Gasteiger partial charge in [0.2, 0.25) is 17.6 Å². The molecule has 0 aliphatic carbocycles. The number of amides is 1. The second-order valence-corrected chi connectivity index (χ2v) is 5.08. The summed E-state index contributed by atoms with van der Waals surface area (Å²) in [6.07, 6.45) is 0. The summed E-state index contributed by atoms with van der Waals surface area (Å²) in [4.78, 5) is 28.1. The largest absolute Gasteiger partial charge is 0.355 e. The molecule has 0 bridgehead atoms. The van der Waals surface area contributed by atoms with Gasteiger partial charge in [0.1, 0.15) is 0 Å². The molecule has 2 rings (SSSR count). The van der Waals surface area contributed by atoms with E-state index in [1.54, 1.807) is 12.1 Å². The molecule has 1 N–H and O–H groups in total. The Bertz CT molecular complexity index is 715. The van der Waals surface area contributed by atoms with Crippen molar-refractivity contribution in [2.45, 2.75) is 20.4 Å². The van der Waals surface area contributed by atoms with Gasteiger partial charge in [-0.15, -0.1) is 0 Å². The zero-order chi connectivity index (χ0) is 17.5. The van der Waals surface area contributed by atoms with Crippen LogP contribution in [-0.2, 0) is 11.3 Å². The number of nitro groups is 1. The van der Waals surface area contributed by atoms with Crippen molar-refractivity contribution < 1.29 is 14.2 Å². The van der Waals surface area contributed by atoms with E-state index in [2.05, 4.69) is 15.5 Å². The molecule has 24 heavy (non-hydrogen) atoms. The number of hydrogen-bond acceptors (Lipinski definition) is 7. The predicted molar refractivity (Wildman–Crippen MR) is 86.0 cm³/mol. The summed E-state index contributed by atoms with van der Waals surface area (Å²) in [5.41, 5.74) is 0.469. The van der Waals surface area contributed by atoms with E-state index in [0.29, 0.717) is 31.1 Å². The quantitative estimate of drug-likeness (QED) is 0.576. The van der Waals surface area contributed by atoms with Crippen LogP contribution < -0.4 is 5.32 Å². The number of carbonyl (C=O) groups is 1. The molecule has 9 nitrogen and oxygen atoms in total. The molecule has 0 unspecified atom stereocenters. The highest BCUT2D eigenvalue weighted by atomic mass is 16.6. The van der Waals surface area contributed by atoms with Crippen molar-refractivity contribution >= 4 is 11.6 Å². The number of non-ortho nitro benzene ring substituents is 1. The average molecular weight is 333 g/mol. The van der Waals surface area contributed by atoms with Gasteiger partial charge in [0.05, 0.1) is 18.0 Å². The van der Waals surface area contributed by atoms with Crippen LogP contribution in [0.5, 0.6) is 0 Å². The fraction of sp³-hybridized carbons (Fsp3) is 0.400. The Balaban J connectivity index is 2.08. The summed E-state index contributed by atoms with van der Waals surface area (Å²) in [5, 5.41) is 17.4. The minimum atomic E-state index is -0.477. The van der Waals surface area contributed by atoms with Crippen LogP contribution in [0.3, 0.4) is 0 Å². The van der Waals surface area contributed by atoms with E-state index in [4.69, 9.17) is 4.52 Å². The lowest BCUT2D eigenvalue weighted by Gasteiger charge is -2.17. The molecule has 0 fully saturated rings. The van der Waals surface area contributed by atoms with Crippen LogP contribution in [0.25, 0.3) is 11.4 Å². The maximum Gasteiger partial charge on any atom is 0.270 e. The number of rotatable bonds is 8. The van der Waals surface area contributed by atoms with Crippen molar-refractivity contribution in [3.05, 3.63) is 40.3 Å². The number of carbonyl (C=O) groups excluding carboxylic acids is 1. The van der Waals surface area contributed by atoms with E-state index in [-0.39, 0.29) is 24.0 Å². The van der Waals surface area contributed by atoms with Crippen molar-refractivity contribution in [1.82, 2.24) is 20.4 Å². The highest BCUT2D eigenvalue weighted by molar-refractivity contribution is 5.77. The molecule has 0 saturated heterocycles. The summed E-state index contributed by atoms with van der Waals surface area (Å²) in [7, 11) is 0. The second kappa shape index (κ2) is 8.16.